The quantitative estimate of drug-likeness (QED) is 0.382. The summed E-state index contributed by atoms with van der Waals surface area (Å²) in [6.45, 7) is 0.177. The summed E-state index contributed by atoms with van der Waals surface area (Å²) in [5.41, 5.74) is 3.36. The summed E-state index contributed by atoms with van der Waals surface area (Å²) in [7, 11) is 0. The number of hydrazone groups is 1. The van der Waals surface area contributed by atoms with E-state index in [-0.39, 0.29) is 35.2 Å². The van der Waals surface area contributed by atoms with E-state index in [9.17, 15) is 15.0 Å². The molecule has 1 heterocycles. The Bertz CT molecular complexity index is 889. The van der Waals surface area contributed by atoms with Crippen LogP contribution in [0.5, 0.6) is 23.0 Å². The van der Waals surface area contributed by atoms with Crippen molar-refractivity contribution in [2.45, 2.75) is 0 Å². The van der Waals surface area contributed by atoms with Crippen LogP contribution in [-0.2, 0) is 4.79 Å². The number of ether oxygens (including phenoxy) is 2. The van der Waals surface area contributed by atoms with Gasteiger partial charge >= 0.3 is 0 Å². The minimum Gasteiger partial charge on any atom is -0.506 e. The maximum Gasteiger partial charge on any atom is 0.259 e. The molecule has 26 heavy (non-hydrogen) atoms. The van der Waals surface area contributed by atoms with E-state index < -0.39 is 0 Å². The Morgan fingerprint density at radius 2 is 1.96 bits per heavy atom. The average Bonchev–Trinajstić information content (AvgIpc) is 3.10. The highest BCUT2D eigenvalue weighted by atomic mass is 79.9. The topological polar surface area (TPSA) is 112 Å². The summed E-state index contributed by atoms with van der Waals surface area (Å²) in [5.74, 6) is 0.581. The number of carbonyl (C=O) groups excluding carboxylic acids is 1. The lowest BCUT2D eigenvalue weighted by molar-refractivity contribution is -0.119. The van der Waals surface area contributed by atoms with Crippen molar-refractivity contribution in [3.8, 4) is 23.0 Å². The molecular weight excluding hydrogens is 474 g/mol. The fourth-order valence-corrected chi connectivity index (χ4v) is 3.27. The van der Waals surface area contributed by atoms with Gasteiger partial charge in [-0.3, -0.25) is 4.79 Å². The number of amides is 1. The highest BCUT2D eigenvalue weighted by Gasteiger charge is 2.14. The van der Waals surface area contributed by atoms with Gasteiger partial charge in [0.25, 0.3) is 5.91 Å². The monoisotopic (exact) mass is 485 g/mol. The van der Waals surface area contributed by atoms with Crippen LogP contribution in [0.2, 0.25) is 0 Å². The number of benzene rings is 2. The number of fused-ring (bicyclic) bond motifs is 1. The minimum absolute atomic E-state index is 0.00800. The lowest BCUT2D eigenvalue weighted by Crippen LogP contribution is -2.25. The molecule has 3 rings (SSSR count). The predicted octanol–water partition coefficient (Wildman–Crippen LogP) is 2.91. The van der Waals surface area contributed by atoms with Crippen LogP contribution in [0, 0.1) is 0 Å². The highest BCUT2D eigenvalue weighted by Crippen LogP contribution is 2.40. The molecule has 2 aromatic carbocycles. The predicted molar refractivity (Wildman–Crippen MR) is 102 cm³/mol. The van der Waals surface area contributed by atoms with Crippen LogP contribution in [0.4, 0.5) is 5.69 Å². The maximum absolute atomic E-state index is 11.8. The molecule has 2 aromatic rings. The van der Waals surface area contributed by atoms with Crippen molar-refractivity contribution in [1.82, 2.24) is 5.43 Å². The van der Waals surface area contributed by atoms with Gasteiger partial charge in [0.05, 0.1) is 17.2 Å². The van der Waals surface area contributed by atoms with Gasteiger partial charge in [0.1, 0.15) is 16.0 Å². The first-order chi connectivity index (χ1) is 12.5. The third-order valence-corrected chi connectivity index (χ3v) is 4.77. The van der Waals surface area contributed by atoms with Crippen molar-refractivity contribution in [2.24, 2.45) is 5.10 Å². The smallest absolute Gasteiger partial charge is 0.259 e. The first kappa shape index (κ1) is 18.3. The van der Waals surface area contributed by atoms with Crippen molar-refractivity contribution in [1.29, 1.82) is 0 Å². The molecule has 0 bridgehead atoms. The van der Waals surface area contributed by atoms with E-state index in [4.69, 9.17) is 9.47 Å². The lowest BCUT2D eigenvalue weighted by atomic mass is 10.2. The molecule has 1 amide bonds. The summed E-state index contributed by atoms with van der Waals surface area (Å²) >= 11 is 6.22. The van der Waals surface area contributed by atoms with Gasteiger partial charge in [0.15, 0.2) is 11.5 Å². The van der Waals surface area contributed by atoms with Crippen molar-refractivity contribution in [2.75, 3.05) is 18.7 Å². The Kier molecular flexibility index (Phi) is 5.52. The van der Waals surface area contributed by atoms with Gasteiger partial charge in [-0.1, -0.05) is 0 Å². The van der Waals surface area contributed by atoms with E-state index in [1.165, 1.54) is 12.3 Å². The number of halogens is 2. The minimum atomic E-state index is -0.379. The molecular formula is C16H13Br2N3O5. The first-order valence-corrected chi connectivity index (χ1v) is 8.89. The number of hydrogen-bond donors (Lipinski definition) is 4. The van der Waals surface area contributed by atoms with E-state index in [0.717, 1.165) is 0 Å². The molecule has 1 aliphatic rings. The number of aromatic hydroxyl groups is 2. The second-order valence-electron chi connectivity index (χ2n) is 5.17. The fraction of sp³-hybridized carbons (Fsp3) is 0.125. The zero-order valence-corrected chi connectivity index (χ0v) is 16.3. The van der Waals surface area contributed by atoms with E-state index in [1.54, 1.807) is 18.2 Å². The van der Waals surface area contributed by atoms with Crippen LogP contribution >= 0.6 is 31.9 Å². The SMILES string of the molecule is O=C(CNc1ccc2c(c1)OCO2)N/N=C\c1cc(Br)c(O)c(Br)c1O. The Morgan fingerprint density at radius 1 is 1.19 bits per heavy atom. The van der Waals surface area contributed by atoms with Crippen LogP contribution in [0.3, 0.4) is 0 Å². The van der Waals surface area contributed by atoms with Crippen LogP contribution in [0.25, 0.3) is 0 Å². The molecule has 4 N–H and O–H groups in total. The summed E-state index contributed by atoms with van der Waals surface area (Å²) in [6.07, 6.45) is 1.27. The molecule has 0 unspecified atom stereocenters. The Morgan fingerprint density at radius 3 is 2.77 bits per heavy atom. The van der Waals surface area contributed by atoms with Crippen LogP contribution in [0.15, 0.2) is 38.3 Å². The molecule has 136 valence electrons. The van der Waals surface area contributed by atoms with E-state index in [2.05, 4.69) is 47.7 Å². The lowest BCUT2D eigenvalue weighted by Gasteiger charge is -2.07. The molecule has 0 radical (unpaired) electrons. The average molecular weight is 487 g/mol. The Hall–Kier alpha value is -2.46. The van der Waals surface area contributed by atoms with E-state index in [1.807, 2.05) is 0 Å². The van der Waals surface area contributed by atoms with Gasteiger partial charge in [-0.15, -0.1) is 0 Å². The molecule has 0 fully saturated rings. The summed E-state index contributed by atoms with van der Waals surface area (Å²) in [4.78, 5) is 11.8. The molecule has 0 spiro atoms. The van der Waals surface area contributed by atoms with Crippen molar-refractivity contribution in [3.05, 3.63) is 38.8 Å². The van der Waals surface area contributed by atoms with Crippen LogP contribution in [0.1, 0.15) is 5.56 Å². The number of phenolic OH excluding ortho intramolecular Hbond substituents is 2. The van der Waals surface area contributed by atoms with Gasteiger partial charge in [-0.05, 0) is 50.1 Å². The summed E-state index contributed by atoms with van der Waals surface area (Å²) < 4.78 is 11.0. The summed E-state index contributed by atoms with van der Waals surface area (Å²) in [5, 5.41) is 26.3. The molecule has 0 aromatic heterocycles. The van der Waals surface area contributed by atoms with Crippen molar-refractivity contribution >= 4 is 49.7 Å². The van der Waals surface area contributed by atoms with E-state index >= 15 is 0 Å². The number of anilines is 1. The number of nitrogens with one attached hydrogen (secondary N) is 2. The number of rotatable bonds is 5. The first-order valence-electron chi connectivity index (χ1n) is 7.31. The molecule has 0 saturated carbocycles. The van der Waals surface area contributed by atoms with Crippen LogP contribution in [-0.4, -0.2) is 35.7 Å². The van der Waals surface area contributed by atoms with E-state index in [0.29, 0.717) is 27.2 Å². The van der Waals surface area contributed by atoms with Crippen molar-refractivity contribution in [3.63, 3.8) is 0 Å². The largest absolute Gasteiger partial charge is 0.506 e. The maximum atomic E-state index is 11.8. The Labute approximate surface area is 165 Å². The number of carbonyl (C=O) groups is 1. The molecule has 0 atom stereocenters. The third-order valence-electron chi connectivity index (χ3n) is 3.42. The fourth-order valence-electron chi connectivity index (χ4n) is 2.12. The van der Waals surface area contributed by atoms with Gasteiger partial charge < -0.3 is 25.0 Å². The number of phenols is 2. The molecule has 1 aliphatic heterocycles. The van der Waals surface area contributed by atoms with Crippen LogP contribution < -0.4 is 20.2 Å². The van der Waals surface area contributed by atoms with Gasteiger partial charge in [0, 0.05) is 17.3 Å². The molecule has 0 aliphatic carbocycles. The molecule has 8 nitrogen and oxygen atoms in total. The van der Waals surface area contributed by atoms with Gasteiger partial charge in [-0.25, -0.2) is 5.43 Å². The molecule has 0 saturated heterocycles. The second kappa shape index (κ2) is 7.83. The summed E-state index contributed by atoms with van der Waals surface area (Å²) in [6, 6.07) is 6.73. The highest BCUT2D eigenvalue weighted by molar-refractivity contribution is 9.11. The zero-order valence-electron chi connectivity index (χ0n) is 13.1. The normalized spacial score (nSPS) is 12.4. The van der Waals surface area contributed by atoms with Gasteiger partial charge in [0.2, 0.25) is 6.79 Å². The number of nitrogens with zero attached hydrogens (tertiary/aromatic N) is 1. The Balaban J connectivity index is 1.55. The molecule has 10 heteroatoms. The zero-order chi connectivity index (χ0) is 18.7. The third kappa shape index (κ3) is 4.02. The number of hydrogen-bond acceptors (Lipinski definition) is 7. The second-order valence-corrected chi connectivity index (χ2v) is 6.82. The standard InChI is InChI=1S/C16H13Br2N3O5/c17-10-3-8(15(23)14(18)16(10)24)5-20-21-13(22)6-19-9-1-2-11-12(4-9)26-7-25-11/h1-5,19,23-24H,6-7H2,(H,21,22)/b20-5-. The van der Waals surface area contributed by atoms with Gasteiger partial charge in [-0.2, -0.15) is 5.10 Å². The van der Waals surface area contributed by atoms with Crippen molar-refractivity contribution < 1.29 is 24.5 Å².